The number of rotatable bonds is 4. The van der Waals surface area contributed by atoms with Crippen LogP contribution in [-0.2, 0) is 11.2 Å². The second-order valence-electron chi connectivity index (χ2n) is 7.41. The van der Waals surface area contributed by atoms with Crippen LogP contribution < -0.4 is 0 Å². The fourth-order valence-electron chi connectivity index (χ4n) is 3.64. The number of carbonyl (C=O) groups is 1. The van der Waals surface area contributed by atoms with E-state index in [2.05, 4.69) is 4.99 Å². The zero-order valence-corrected chi connectivity index (χ0v) is 17.5. The molecular weight excluding hydrogens is 410 g/mol. The van der Waals surface area contributed by atoms with Crippen molar-refractivity contribution in [3.63, 3.8) is 0 Å². The Balaban J connectivity index is 1.60. The van der Waals surface area contributed by atoms with Gasteiger partial charge in [-0.1, -0.05) is 41.9 Å². The molecule has 2 aromatic carbocycles. The molecule has 31 heavy (non-hydrogen) atoms. The molecule has 1 amide bonds. The molecule has 0 unspecified atom stereocenters. The van der Waals surface area contributed by atoms with Gasteiger partial charge < -0.3 is 4.42 Å². The first kappa shape index (κ1) is 19.3. The third-order valence-electron chi connectivity index (χ3n) is 5.03. The van der Waals surface area contributed by atoms with Crippen molar-refractivity contribution in [3.05, 3.63) is 106 Å². The van der Waals surface area contributed by atoms with E-state index in [9.17, 15) is 4.79 Å². The highest BCUT2D eigenvalue weighted by Crippen LogP contribution is 2.30. The Bertz CT molecular complexity index is 1270. The molecule has 0 atom stereocenters. The molecule has 1 aromatic heterocycles. The molecule has 3 aromatic rings. The minimum atomic E-state index is -0.219. The fraction of sp³-hybridized carbons (Fsp3) is 0.0800. The summed E-state index contributed by atoms with van der Waals surface area (Å²) in [6.45, 7) is 1.98. The minimum Gasteiger partial charge on any atom is -0.465 e. The van der Waals surface area contributed by atoms with Crippen LogP contribution in [0.15, 0.2) is 93.2 Å². The summed E-state index contributed by atoms with van der Waals surface area (Å²) in [5.74, 6) is 0.890. The normalized spacial score (nSPS) is 16.8. The van der Waals surface area contributed by atoms with E-state index >= 15 is 0 Å². The molecule has 0 radical (unpaired) electrons. The van der Waals surface area contributed by atoms with E-state index in [0.29, 0.717) is 34.4 Å². The van der Waals surface area contributed by atoms with Gasteiger partial charge in [-0.3, -0.25) is 9.69 Å². The molecule has 0 N–H and O–H groups in total. The molecule has 0 spiro atoms. The van der Waals surface area contributed by atoms with Crippen molar-refractivity contribution in [1.82, 2.24) is 4.90 Å². The van der Waals surface area contributed by atoms with Crippen LogP contribution in [0.25, 0.3) is 11.8 Å². The number of amidine groups is 1. The Morgan fingerprint density at radius 3 is 2.65 bits per heavy atom. The maximum absolute atomic E-state index is 13.2. The Hall–Kier alpha value is -3.70. The number of aliphatic imine (C=N–C) groups is 2. The number of benzene rings is 2. The molecule has 2 aliphatic rings. The molecular formula is C25H18ClN3O2. The zero-order chi connectivity index (χ0) is 21.4. The van der Waals surface area contributed by atoms with E-state index < -0.39 is 0 Å². The van der Waals surface area contributed by atoms with Gasteiger partial charge in [0.1, 0.15) is 11.5 Å². The molecule has 3 heterocycles. The smallest absolute Gasteiger partial charge is 0.282 e. The van der Waals surface area contributed by atoms with Crippen LogP contribution in [0.2, 0.25) is 5.02 Å². The fourth-order valence-corrected chi connectivity index (χ4v) is 3.93. The van der Waals surface area contributed by atoms with Crippen LogP contribution in [0.3, 0.4) is 0 Å². The van der Waals surface area contributed by atoms with E-state index in [1.165, 1.54) is 0 Å². The van der Waals surface area contributed by atoms with Crippen molar-refractivity contribution in [2.75, 3.05) is 0 Å². The van der Waals surface area contributed by atoms with Crippen molar-refractivity contribution in [2.45, 2.75) is 13.3 Å². The van der Waals surface area contributed by atoms with Gasteiger partial charge in [0, 0.05) is 29.3 Å². The summed E-state index contributed by atoms with van der Waals surface area (Å²) in [5, 5.41) is 0.626. The molecule has 0 bridgehead atoms. The highest BCUT2D eigenvalue weighted by Gasteiger charge is 2.35. The molecule has 6 heteroatoms. The molecule has 0 fully saturated rings. The van der Waals surface area contributed by atoms with Crippen LogP contribution in [0.5, 0.6) is 0 Å². The van der Waals surface area contributed by atoms with Gasteiger partial charge in [-0.15, -0.1) is 0 Å². The maximum atomic E-state index is 13.2. The number of amides is 1. The van der Waals surface area contributed by atoms with Crippen LogP contribution in [-0.4, -0.2) is 22.4 Å². The highest BCUT2D eigenvalue weighted by molar-refractivity contribution is 6.48. The van der Waals surface area contributed by atoms with Gasteiger partial charge in [0.2, 0.25) is 0 Å². The van der Waals surface area contributed by atoms with E-state index in [-0.39, 0.29) is 5.91 Å². The first-order valence-corrected chi connectivity index (χ1v) is 10.2. The summed E-state index contributed by atoms with van der Waals surface area (Å²) >= 11 is 6.28. The number of nitrogens with zero attached hydrogens (tertiary/aromatic N) is 3. The SMILES string of the molecule is Cc1cc(Cl)cc(C2=CN3C(=O)/C(=C/c4ccco4)N=C3C(Cc3ccccc3)=N2)c1. The summed E-state index contributed by atoms with van der Waals surface area (Å²) in [7, 11) is 0. The molecule has 2 aliphatic heterocycles. The molecule has 0 aliphatic carbocycles. The third kappa shape index (κ3) is 3.88. The average Bonchev–Trinajstić information content (AvgIpc) is 3.37. The lowest BCUT2D eigenvalue weighted by Gasteiger charge is -2.22. The van der Waals surface area contributed by atoms with Crippen LogP contribution in [0.1, 0.15) is 22.5 Å². The summed E-state index contributed by atoms with van der Waals surface area (Å²) in [5.41, 5.74) is 4.66. The molecule has 5 nitrogen and oxygen atoms in total. The predicted molar refractivity (Wildman–Crippen MR) is 123 cm³/mol. The topological polar surface area (TPSA) is 58.2 Å². The van der Waals surface area contributed by atoms with Crippen molar-refractivity contribution in [1.29, 1.82) is 0 Å². The van der Waals surface area contributed by atoms with E-state index in [0.717, 1.165) is 22.4 Å². The maximum Gasteiger partial charge on any atom is 0.282 e. The van der Waals surface area contributed by atoms with Crippen LogP contribution >= 0.6 is 11.6 Å². The highest BCUT2D eigenvalue weighted by atomic mass is 35.5. The van der Waals surface area contributed by atoms with Crippen molar-refractivity contribution >= 4 is 40.8 Å². The van der Waals surface area contributed by atoms with Crippen LogP contribution in [0.4, 0.5) is 0 Å². The Kier molecular flexibility index (Phi) is 4.88. The van der Waals surface area contributed by atoms with Gasteiger partial charge in [-0.05, 0) is 48.4 Å². The number of furan rings is 1. The summed E-state index contributed by atoms with van der Waals surface area (Å²) in [6, 6.07) is 19.3. The number of halogens is 1. The van der Waals surface area contributed by atoms with Crippen molar-refractivity contribution in [2.24, 2.45) is 9.98 Å². The lowest BCUT2D eigenvalue weighted by atomic mass is 10.0. The third-order valence-corrected chi connectivity index (χ3v) is 5.25. The number of fused-ring (bicyclic) bond motifs is 1. The monoisotopic (exact) mass is 427 g/mol. The van der Waals surface area contributed by atoms with Crippen molar-refractivity contribution in [3.8, 4) is 0 Å². The molecule has 152 valence electrons. The van der Waals surface area contributed by atoms with Gasteiger partial charge in [0.05, 0.1) is 17.7 Å². The predicted octanol–water partition coefficient (Wildman–Crippen LogP) is 5.52. The van der Waals surface area contributed by atoms with E-state index in [1.807, 2.05) is 55.5 Å². The number of hydrogen-bond acceptors (Lipinski definition) is 4. The summed E-state index contributed by atoms with van der Waals surface area (Å²) < 4.78 is 5.36. The van der Waals surface area contributed by atoms with Gasteiger partial charge in [0.15, 0.2) is 5.84 Å². The Morgan fingerprint density at radius 2 is 1.90 bits per heavy atom. The lowest BCUT2D eigenvalue weighted by Crippen LogP contribution is -2.36. The summed E-state index contributed by atoms with van der Waals surface area (Å²) in [4.78, 5) is 24.2. The second kappa shape index (κ2) is 7.85. The largest absolute Gasteiger partial charge is 0.465 e. The number of aryl methyl sites for hydroxylation is 1. The average molecular weight is 428 g/mol. The van der Waals surface area contributed by atoms with Gasteiger partial charge in [-0.25, -0.2) is 9.98 Å². The lowest BCUT2D eigenvalue weighted by molar-refractivity contribution is -0.120. The first-order chi connectivity index (χ1) is 15.1. The van der Waals surface area contributed by atoms with Crippen molar-refractivity contribution < 1.29 is 9.21 Å². The standard InChI is InChI=1S/C25H18ClN3O2/c1-16-10-18(13-19(26)11-16)23-15-29-24(21(27-23)12-17-6-3-2-4-7-17)28-22(25(29)30)14-20-8-5-9-31-20/h2-11,13-15H,12H2,1H3/b22-14-. The van der Waals surface area contributed by atoms with Gasteiger partial charge in [0.25, 0.3) is 5.91 Å². The van der Waals surface area contributed by atoms with Gasteiger partial charge in [-0.2, -0.15) is 0 Å². The Morgan fingerprint density at radius 1 is 1.06 bits per heavy atom. The zero-order valence-electron chi connectivity index (χ0n) is 16.7. The second-order valence-corrected chi connectivity index (χ2v) is 7.84. The van der Waals surface area contributed by atoms with Crippen LogP contribution in [0, 0.1) is 6.92 Å². The minimum absolute atomic E-state index is 0.219. The molecule has 0 saturated heterocycles. The van der Waals surface area contributed by atoms with E-state index in [1.54, 1.807) is 35.6 Å². The van der Waals surface area contributed by atoms with E-state index in [4.69, 9.17) is 21.0 Å². The first-order valence-electron chi connectivity index (χ1n) is 9.85. The number of hydrogen-bond donors (Lipinski definition) is 0. The van der Waals surface area contributed by atoms with Gasteiger partial charge >= 0.3 is 0 Å². The molecule has 5 rings (SSSR count). The Labute approximate surface area is 184 Å². The quantitative estimate of drug-likeness (QED) is 0.515. The molecule has 0 saturated carbocycles. The number of carbonyl (C=O) groups excluding carboxylic acids is 1. The summed E-state index contributed by atoms with van der Waals surface area (Å²) in [6.07, 6.45) is 5.48.